The highest BCUT2D eigenvalue weighted by molar-refractivity contribution is 6.05. The van der Waals surface area contributed by atoms with Gasteiger partial charge in [-0.05, 0) is 17.2 Å². The first-order chi connectivity index (χ1) is 12.2. The number of imide groups is 1. The lowest BCUT2D eigenvalue weighted by Gasteiger charge is -2.24. The summed E-state index contributed by atoms with van der Waals surface area (Å²) >= 11 is 0. The van der Waals surface area contributed by atoms with Crippen LogP contribution >= 0.6 is 0 Å². The summed E-state index contributed by atoms with van der Waals surface area (Å²) in [4.78, 5) is 36.9. The number of benzene rings is 2. The van der Waals surface area contributed by atoms with Crippen molar-refractivity contribution in [1.82, 2.24) is 4.90 Å². The Morgan fingerprint density at radius 1 is 1.04 bits per heavy atom. The molecule has 0 aromatic heterocycles. The van der Waals surface area contributed by atoms with E-state index < -0.39 is 17.9 Å². The van der Waals surface area contributed by atoms with Gasteiger partial charge in [0.1, 0.15) is 6.04 Å². The van der Waals surface area contributed by atoms with Gasteiger partial charge in [-0.25, -0.2) is 0 Å². The van der Waals surface area contributed by atoms with Crippen LogP contribution in [0.15, 0.2) is 66.7 Å². The molecule has 0 heterocycles. The molecule has 2 N–H and O–H groups in total. The number of amides is 2. The predicted octanol–water partition coefficient (Wildman–Crippen LogP) is 1.73. The number of nitrogens with two attached hydrogens (primary N) is 1. The van der Waals surface area contributed by atoms with E-state index >= 15 is 0 Å². The van der Waals surface area contributed by atoms with Crippen LogP contribution in [-0.2, 0) is 20.8 Å². The maximum atomic E-state index is 12.5. The summed E-state index contributed by atoms with van der Waals surface area (Å²) in [6.07, 6.45) is 4.83. The SMILES string of the molecule is NCC(=O)N(C(=O)C=Cc1ccccc1)[C@H]([C]=O)Cc1ccccc1. The van der Waals surface area contributed by atoms with Gasteiger partial charge in [0.25, 0.3) is 5.91 Å². The van der Waals surface area contributed by atoms with E-state index in [0.717, 1.165) is 16.0 Å². The predicted molar refractivity (Wildman–Crippen MR) is 96.0 cm³/mol. The molecular formula is C20H19N2O3. The van der Waals surface area contributed by atoms with Gasteiger partial charge in [-0.15, -0.1) is 0 Å². The third-order valence-corrected chi connectivity index (χ3v) is 3.62. The Bertz CT molecular complexity index is 742. The van der Waals surface area contributed by atoms with Crippen LogP contribution in [0.4, 0.5) is 0 Å². The quantitative estimate of drug-likeness (QED) is 0.782. The molecule has 2 aromatic rings. The molecule has 2 aromatic carbocycles. The Morgan fingerprint density at radius 3 is 2.20 bits per heavy atom. The molecule has 0 aliphatic rings. The van der Waals surface area contributed by atoms with E-state index in [-0.39, 0.29) is 13.0 Å². The number of hydrogen-bond donors (Lipinski definition) is 1. The Labute approximate surface area is 146 Å². The molecule has 0 spiro atoms. The highest BCUT2D eigenvalue weighted by Gasteiger charge is 2.28. The molecule has 0 saturated carbocycles. The zero-order chi connectivity index (χ0) is 18.1. The fraction of sp³-hybridized carbons (Fsp3) is 0.150. The highest BCUT2D eigenvalue weighted by atomic mass is 16.2. The van der Waals surface area contributed by atoms with Crippen LogP contribution in [0.5, 0.6) is 0 Å². The van der Waals surface area contributed by atoms with Gasteiger partial charge in [0, 0.05) is 12.5 Å². The Morgan fingerprint density at radius 2 is 1.64 bits per heavy atom. The van der Waals surface area contributed by atoms with Gasteiger partial charge in [-0.3, -0.25) is 19.3 Å². The van der Waals surface area contributed by atoms with Crippen molar-refractivity contribution in [2.75, 3.05) is 6.54 Å². The minimum Gasteiger partial charge on any atom is -0.322 e. The first kappa shape index (κ1) is 18.3. The first-order valence-electron chi connectivity index (χ1n) is 7.86. The van der Waals surface area contributed by atoms with Gasteiger partial charge in [-0.1, -0.05) is 60.7 Å². The lowest BCUT2D eigenvalue weighted by Crippen LogP contribution is -2.48. The van der Waals surface area contributed by atoms with Gasteiger partial charge in [0.15, 0.2) is 0 Å². The summed E-state index contributed by atoms with van der Waals surface area (Å²) in [5, 5.41) is 0. The monoisotopic (exact) mass is 335 g/mol. The molecule has 0 aliphatic carbocycles. The molecular weight excluding hydrogens is 316 g/mol. The van der Waals surface area contributed by atoms with Crippen molar-refractivity contribution in [3.05, 3.63) is 77.9 Å². The number of nitrogens with zero attached hydrogens (tertiary/aromatic N) is 1. The smallest absolute Gasteiger partial charge is 0.253 e. The minimum atomic E-state index is -1.02. The maximum Gasteiger partial charge on any atom is 0.253 e. The average molecular weight is 335 g/mol. The number of rotatable bonds is 7. The van der Waals surface area contributed by atoms with Crippen molar-refractivity contribution in [2.45, 2.75) is 12.5 Å². The maximum absolute atomic E-state index is 12.5. The van der Waals surface area contributed by atoms with Crippen LogP contribution < -0.4 is 5.73 Å². The molecule has 5 nitrogen and oxygen atoms in total. The molecule has 127 valence electrons. The second kappa shape index (κ2) is 9.30. The number of carbonyl (C=O) groups excluding carboxylic acids is 3. The molecule has 0 saturated heterocycles. The standard InChI is InChI=1S/C20H19N2O3/c21-14-20(25)22(18(15-23)13-17-9-5-2-6-10-17)19(24)12-11-16-7-3-1-4-8-16/h1-12,18H,13-14,21H2/t18-/m0/s1. The Hall–Kier alpha value is -3.05. The van der Waals surface area contributed by atoms with Crippen LogP contribution in [0, 0.1) is 0 Å². The fourth-order valence-electron chi connectivity index (χ4n) is 2.38. The summed E-state index contributed by atoms with van der Waals surface area (Å²) in [5.41, 5.74) is 7.04. The summed E-state index contributed by atoms with van der Waals surface area (Å²) in [7, 11) is 0. The van der Waals surface area contributed by atoms with Gasteiger partial charge in [0.05, 0.1) is 6.54 Å². The second-order valence-electron chi connectivity index (χ2n) is 5.37. The average Bonchev–Trinajstić information content (AvgIpc) is 2.67. The molecule has 5 heteroatoms. The lowest BCUT2D eigenvalue weighted by molar-refractivity contribution is -0.142. The molecule has 1 atom stereocenters. The van der Waals surface area contributed by atoms with Gasteiger partial charge in [-0.2, -0.15) is 0 Å². The van der Waals surface area contributed by atoms with Crippen LogP contribution in [0.1, 0.15) is 11.1 Å². The van der Waals surface area contributed by atoms with Crippen LogP contribution in [0.25, 0.3) is 6.08 Å². The highest BCUT2D eigenvalue weighted by Crippen LogP contribution is 2.10. The van der Waals surface area contributed by atoms with E-state index in [9.17, 15) is 14.4 Å². The summed E-state index contributed by atoms with van der Waals surface area (Å²) in [5.74, 6) is -1.21. The summed E-state index contributed by atoms with van der Waals surface area (Å²) in [6, 6.07) is 17.3. The van der Waals surface area contributed by atoms with E-state index in [0.29, 0.717) is 0 Å². The summed E-state index contributed by atoms with van der Waals surface area (Å²) in [6.45, 7) is -0.363. The fourth-order valence-corrected chi connectivity index (χ4v) is 2.38. The van der Waals surface area contributed by atoms with Crippen LogP contribution in [0.2, 0.25) is 0 Å². The van der Waals surface area contributed by atoms with Crippen molar-refractivity contribution in [2.24, 2.45) is 5.73 Å². The van der Waals surface area contributed by atoms with Gasteiger partial charge in [0.2, 0.25) is 12.2 Å². The lowest BCUT2D eigenvalue weighted by atomic mass is 10.1. The van der Waals surface area contributed by atoms with E-state index in [1.54, 1.807) is 12.4 Å². The Balaban J connectivity index is 2.21. The van der Waals surface area contributed by atoms with Crippen molar-refractivity contribution in [1.29, 1.82) is 0 Å². The molecule has 2 amide bonds. The van der Waals surface area contributed by atoms with Crippen molar-refractivity contribution in [3.8, 4) is 0 Å². The first-order valence-corrected chi connectivity index (χ1v) is 7.86. The largest absolute Gasteiger partial charge is 0.322 e. The molecule has 25 heavy (non-hydrogen) atoms. The van der Waals surface area contributed by atoms with Crippen molar-refractivity contribution in [3.63, 3.8) is 0 Å². The topological polar surface area (TPSA) is 80.5 Å². The van der Waals surface area contributed by atoms with Crippen LogP contribution in [0.3, 0.4) is 0 Å². The number of carbonyl (C=O) groups is 2. The Kier molecular flexibility index (Phi) is 6.80. The second-order valence-corrected chi connectivity index (χ2v) is 5.37. The molecule has 0 unspecified atom stereocenters. The molecule has 0 fully saturated rings. The molecule has 0 aliphatic heterocycles. The van der Waals surface area contributed by atoms with E-state index in [4.69, 9.17) is 5.73 Å². The van der Waals surface area contributed by atoms with E-state index in [2.05, 4.69) is 0 Å². The summed E-state index contributed by atoms with van der Waals surface area (Å²) < 4.78 is 0. The third-order valence-electron chi connectivity index (χ3n) is 3.62. The van der Waals surface area contributed by atoms with Crippen LogP contribution in [-0.4, -0.2) is 35.6 Å². The van der Waals surface area contributed by atoms with Gasteiger partial charge >= 0.3 is 0 Å². The van der Waals surface area contributed by atoms with E-state index in [1.165, 1.54) is 6.08 Å². The van der Waals surface area contributed by atoms with E-state index in [1.807, 2.05) is 60.7 Å². The number of hydrogen-bond acceptors (Lipinski definition) is 4. The molecule has 1 radical (unpaired) electrons. The zero-order valence-corrected chi connectivity index (χ0v) is 13.7. The van der Waals surface area contributed by atoms with Crippen molar-refractivity contribution >= 4 is 24.2 Å². The normalized spacial score (nSPS) is 11.9. The molecule has 2 rings (SSSR count). The van der Waals surface area contributed by atoms with Crippen molar-refractivity contribution < 1.29 is 14.4 Å². The molecule has 0 bridgehead atoms. The zero-order valence-electron chi connectivity index (χ0n) is 13.7. The minimum absolute atomic E-state index is 0.195. The third kappa shape index (κ3) is 5.22. The van der Waals surface area contributed by atoms with Gasteiger partial charge < -0.3 is 5.73 Å².